The molecule has 0 saturated heterocycles. The van der Waals surface area contributed by atoms with Crippen molar-refractivity contribution in [2.45, 2.75) is 83.8 Å². The molecule has 0 spiro atoms. The molecule has 3 heteroatoms. The minimum absolute atomic E-state index is 0.724. The summed E-state index contributed by atoms with van der Waals surface area (Å²) < 4.78 is 5.49. The molecule has 0 aromatic rings. The maximum Gasteiger partial charge on any atom is 0.150 e. The summed E-state index contributed by atoms with van der Waals surface area (Å²) in [6, 6.07) is 1.28. The van der Waals surface area contributed by atoms with E-state index in [1.165, 1.54) is 63.8 Å². The first kappa shape index (κ1) is 20.2. The van der Waals surface area contributed by atoms with Gasteiger partial charge in [0.25, 0.3) is 0 Å². The number of hydrogen-bond donors (Lipinski definition) is 0. The Balaban J connectivity index is 3.05. The second-order valence-corrected chi connectivity index (χ2v) is 13.7. The zero-order chi connectivity index (χ0) is 15.3. The molecule has 0 atom stereocenters. The lowest BCUT2D eigenvalue weighted by Crippen LogP contribution is -2.14. The van der Waals surface area contributed by atoms with E-state index < -0.39 is 7.38 Å². The van der Waals surface area contributed by atoms with Crippen LogP contribution < -0.4 is 0 Å². The summed E-state index contributed by atoms with van der Waals surface area (Å²) in [5.41, 5.74) is 1.12. The van der Waals surface area contributed by atoms with Crippen LogP contribution >= 0.6 is 11.1 Å². The van der Waals surface area contributed by atoms with Crippen molar-refractivity contribution in [2.75, 3.05) is 13.2 Å². The van der Waals surface area contributed by atoms with Crippen LogP contribution in [0, 0.1) is 0 Å². The summed E-state index contributed by atoms with van der Waals surface area (Å²) in [7, 11) is -1.31. The molecule has 0 rings (SSSR count). The number of unbranched alkanes of at least 4 members (excludes halogenated alkanes) is 8. The van der Waals surface area contributed by atoms with E-state index in [1.54, 1.807) is 0 Å². The molecular formula is C17H35ClOSi. The van der Waals surface area contributed by atoms with E-state index in [0.717, 1.165) is 18.8 Å². The van der Waals surface area contributed by atoms with Crippen LogP contribution in [-0.4, -0.2) is 20.6 Å². The van der Waals surface area contributed by atoms with Gasteiger partial charge < -0.3 is 4.74 Å². The Morgan fingerprint density at radius 3 is 1.80 bits per heavy atom. The van der Waals surface area contributed by atoms with Gasteiger partial charge in [-0.05, 0) is 19.4 Å². The molecule has 0 aromatic carbocycles. The number of rotatable bonds is 14. The van der Waals surface area contributed by atoms with Crippen LogP contribution in [0.25, 0.3) is 0 Å². The van der Waals surface area contributed by atoms with Crippen LogP contribution in [0.3, 0.4) is 0 Å². The molecule has 0 fully saturated rings. The first-order valence-electron chi connectivity index (χ1n) is 8.33. The third kappa shape index (κ3) is 18.2. The number of ether oxygens (including phenoxy) is 1. The van der Waals surface area contributed by atoms with E-state index in [0.29, 0.717) is 0 Å². The Labute approximate surface area is 132 Å². The normalized spacial score (nSPS) is 11.8. The van der Waals surface area contributed by atoms with Crippen molar-refractivity contribution in [3.05, 3.63) is 12.2 Å². The molecule has 0 aliphatic rings. The quantitative estimate of drug-likeness (QED) is 0.153. The molecular weight excluding hydrogens is 284 g/mol. The van der Waals surface area contributed by atoms with Crippen LogP contribution in [0.5, 0.6) is 0 Å². The monoisotopic (exact) mass is 318 g/mol. The van der Waals surface area contributed by atoms with Gasteiger partial charge in [-0.3, -0.25) is 0 Å². The molecule has 0 aromatic heterocycles. The highest BCUT2D eigenvalue weighted by molar-refractivity contribution is 7.19. The topological polar surface area (TPSA) is 9.23 Å². The summed E-state index contributed by atoms with van der Waals surface area (Å²) in [6.07, 6.45) is 12.1. The zero-order valence-electron chi connectivity index (χ0n) is 14.0. The predicted octanol–water partition coefficient (Wildman–Crippen LogP) is 6.53. The lowest BCUT2D eigenvalue weighted by Gasteiger charge is -2.11. The Bertz CT molecular complexity index is 236. The van der Waals surface area contributed by atoms with Crippen LogP contribution in [0.2, 0.25) is 19.1 Å². The van der Waals surface area contributed by atoms with Gasteiger partial charge in [-0.1, -0.05) is 76.6 Å². The van der Waals surface area contributed by atoms with Crippen molar-refractivity contribution < 1.29 is 4.74 Å². The van der Waals surface area contributed by atoms with Crippen molar-refractivity contribution in [1.29, 1.82) is 0 Å². The minimum Gasteiger partial charge on any atom is -0.377 e. The smallest absolute Gasteiger partial charge is 0.150 e. The fourth-order valence-electron chi connectivity index (χ4n) is 2.23. The standard InChI is InChI=1S/C17H35ClOSi/c1-17(2)16-19-14-12-10-8-6-5-7-9-11-13-15-20(3,4)18/h1,5-16H2,2-4H3. The van der Waals surface area contributed by atoms with Crippen molar-refractivity contribution in [3.8, 4) is 0 Å². The lowest BCUT2D eigenvalue weighted by molar-refractivity contribution is 0.151. The zero-order valence-corrected chi connectivity index (χ0v) is 15.7. The van der Waals surface area contributed by atoms with Crippen LogP contribution in [0.1, 0.15) is 64.7 Å². The third-order valence-electron chi connectivity index (χ3n) is 3.41. The lowest BCUT2D eigenvalue weighted by atomic mass is 10.1. The first-order valence-corrected chi connectivity index (χ1v) is 12.5. The number of hydrogen-bond acceptors (Lipinski definition) is 1. The highest BCUT2D eigenvalue weighted by Gasteiger charge is 2.15. The maximum absolute atomic E-state index is 6.31. The molecule has 0 amide bonds. The van der Waals surface area contributed by atoms with Crippen molar-refractivity contribution >= 4 is 18.5 Å². The summed E-state index contributed by atoms with van der Waals surface area (Å²) in [5, 5.41) is 0. The molecule has 0 aliphatic heterocycles. The number of halogens is 1. The Kier molecular flexibility index (Phi) is 13.0. The van der Waals surface area contributed by atoms with Gasteiger partial charge in [0.1, 0.15) is 7.38 Å². The van der Waals surface area contributed by atoms with Gasteiger partial charge in [0, 0.05) is 6.61 Å². The molecule has 0 saturated carbocycles. The fourth-order valence-corrected chi connectivity index (χ4v) is 3.72. The molecule has 0 N–H and O–H groups in total. The molecule has 1 nitrogen and oxygen atoms in total. The average molecular weight is 319 g/mol. The van der Waals surface area contributed by atoms with E-state index in [-0.39, 0.29) is 0 Å². The fraction of sp³-hybridized carbons (Fsp3) is 0.882. The second kappa shape index (κ2) is 12.9. The highest BCUT2D eigenvalue weighted by Crippen LogP contribution is 2.19. The molecule has 20 heavy (non-hydrogen) atoms. The highest BCUT2D eigenvalue weighted by atomic mass is 35.6. The van der Waals surface area contributed by atoms with E-state index in [9.17, 15) is 0 Å². The van der Waals surface area contributed by atoms with Gasteiger partial charge in [0.05, 0.1) is 6.61 Å². The van der Waals surface area contributed by atoms with E-state index in [1.807, 2.05) is 6.92 Å². The van der Waals surface area contributed by atoms with Gasteiger partial charge in [-0.15, -0.1) is 0 Å². The van der Waals surface area contributed by atoms with Crippen molar-refractivity contribution in [2.24, 2.45) is 0 Å². The van der Waals surface area contributed by atoms with Crippen molar-refractivity contribution in [3.63, 3.8) is 0 Å². The van der Waals surface area contributed by atoms with Gasteiger partial charge in [-0.25, -0.2) is 0 Å². The summed E-state index contributed by atoms with van der Waals surface area (Å²) in [4.78, 5) is 0. The molecule has 0 bridgehead atoms. The van der Waals surface area contributed by atoms with E-state index >= 15 is 0 Å². The Morgan fingerprint density at radius 1 is 0.900 bits per heavy atom. The largest absolute Gasteiger partial charge is 0.377 e. The predicted molar refractivity (Wildman–Crippen MR) is 95.3 cm³/mol. The van der Waals surface area contributed by atoms with Gasteiger partial charge in [0.15, 0.2) is 0 Å². The SMILES string of the molecule is C=C(C)COCCCCCCCCCCC[Si](C)(C)Cl. The van der Waals surface area contributed by atoms with Gasteiger partial charge >= 0.3 is 0 Å². The molecule has 120 valence electrons. The average Bonchev–Trinajstić information content (AvgIpc) is 2.33. The molecule has 0 heterocycles. The van der Waals surface area contributed by atoms with Crippen LogP contribution in [0.4, 0.5) is 0 Å². The summed E-state index contributed by atoms with van der Waals surface area (Å²) in [6.45, 7) is 11.9. The van der Waals surface area contributed by atoms with E-state index in [2.05, 4.69) is 19.7 Å². The van der Waals surface area contributed by atoms with Crippen LogP contribution in [-0.2, 0) is 4.74 Å². The third-order valence-corrected chi connectivity index (χ3v) is 5.52. The van der Waals surface area contributed by atoms with Crippen molar-refractivity contribution in [1.82, 2.24) is 0 Å². The molecule has 0 aliphatic carbocycles. The second-order valence-electron chi connectivity index (χ2n) is 6.66. The van der Waals surface area contributed by atoms with Gasteiger partial charge in [-0.2, -0.15) is 11.1 Å². The maximum atomic E-state index is 6.31. The minimum atomic E-state index is -1.31. The Morgan fingerprint density at radius 2 is 1.35 bits per heavy atom. The molecule has 0 unspecified atom stereocenters. The summed E-state index contributed by atoms with van der Waals surface area (Å²) >= 11 is 6.31. The van der Waals surface area contributed by atoms with E-state index in [4.69, 9.17) is 15.8 Å². The first-order chi connectivity index (χ1) is 9.42. The summed E-state index contributed by atoms with van der Waals surface area (Å²) in [5.74, 6) is 0. The molecule has 0 radical (unpaired) electrons. The van der Waals surface area contributed by atoms with Gasteiger partial charge in [0.2, 0.25) is 0 Å². The van der Waals surface area contributed by atoms with Crippen LogP contribution in [0.15, 0.2) is 12.2 Å². The Hall–Kier alpha value is 0.207.